The number of alkyl halides is 3. The van der Waals surface area contributed by atoms with Crippen LogP contribution in [0.5, 0.6) is 0 Å². The van der Waals surface area contributed by atoms with Gasteiger partial charge >= 0.3 is 6.18 Å². The van der Waals surface area contributed by atoms with Crippen LogP contribution in [0.25, 0.3) is 0 Å². The molecular weight excluding hydrogens is 241 g/mol. The van der Waals surface area contributed by atoms with Crippen molar-refractivity contribution in [3.8, 4) is 0 Å². The Hall–Kier alpha value is -0.290. The van der Waals surface area contributed by atoms with E-state index >= 15 is 0 Å². The summed E-state index contributed by atoms with van der Waals surface area (Å²) >= 11 is 0. The maximum atomic E-state index is 12.6. The van der Waals surface area contributed by atoms with Crippen molar-refractivity contribution in [2.24, 2.45) is 11.3 Å². The highest BCUT2D eigenvalue weighted by atomic mass is 19.4. The minimum atomic E-state index is -4.08. The smallest absolute Gasteiger partial charge is 0.316 e. The van der Waals surface area contributed by atoms with Gasteiger partial charge in [0.2, 0.25) is 0 Å². The van der Waals surface area contributed by atoms with Crippen LogP contribution in [0.1, 0.15) is 33.1 Å². The van der Waals surface area contributed by atoms with E-state index in [0.717, 1.165) is 32.4 Å². The SMILES string of the molecule is CC(C)C1(CN(CC(F)(F)F)C2CC2)CCNC1. The third-order valence-electron chi connectivity index (χ3n) is 4.47. The highest BCUT2D eigenvalue weighted by Gasteiger charge is 2.44. The van der Waals surface area contributed by atoms with Gasteiger partial charge in [-0.3, -0.25) is 4.90 Å². The summed E-state index contributed by atoms with van der Waals surface area (Å²) in [5.74, 6) is 0.419. The third-order valence-corrected chi connectivity index (χ3v) is 4.47. The van der Waals surface area contributed by atoms with E-state index in [1.807, 2.05) is 0 Å². The molecule has 1 aliphatic carbocycles. The number of halogens is 3. The number of nitrogens with one attached hydrogen (secondary N) is 1. The van der Waals surface area contributed by atoms with Crippen LogP contribution in [0.3, 0.4) is 0 Å². The molecule has 1 saturated carbocycles. The average Bonchev–Trinajstić information content (AvgIpc) is 2.97. The molecule has 5 heteroatoms. The first-order valence-corrected chi connectivity index (χ1v) is 6.84. The Morgan fingerprint density at radius 2 is 2.00 bits per heavy atom. The second-order valence-corrected chi connectivity index (χ2v) is 6.20. The molecule has 0 amide bonds. The summed E-state index contributed by atoms with van der Waals surface area (Å²) in [6.07, 6.45) is -1.23. The van der Waals surface area contributed by atoms with Gasteiger partial charge in [-0.05, 0) is 37.1 Å². The van der Waals surface area contributed by atoms with E-state index in [1.54, 1.807) is 4.90 Å². The molecule has 2 aliphatic rings. The Morgan fingerprint density at radius 1 is 1.33 bits per heavy atom. The highest BCUT2D eigenvalue weighted by Crippen LogP contribution is 2.39. The molecule has 0 aromatic carbocycles. The second kappa shape index (κ2) is 5.00. The Labute approximate surface area is 107 Å². The van der Waals surface area contributed by atoms with E-state index in [9.17, 15) is 13.2 Å². The molecule has 18 heavy (non-hydrogen) atoms. The Bertz CT molecular complexity index is 278. The summed E-state index contributed by atoms with van der Waals surface area (Å²) in [6.45, 7) is 5.89. The quantitative estimate of drug-likeness (QED) is 0.821. The van der Waals surface area contributed by atoms with E-state index in [4.69, 9.17) is 0 Å². The Morgan fingerprint density at radius 3 is 2.39 bits per heavy atom. The van der Waals surface area contributed by atoms with Crippen LogP contribution in [-0.4, -0.2) is 43.3 Å². The third kappa shape index (κ3) is 3.38. The second-order valence-electron chi connectivity index (χ2n) is 6.20. The molecule has 0 spiro atoms. The maximum absolute atomic E-state index is 12.6. The Kier molecular flexibility index (Phi) is 3.93. The number of hydrogen-bond acceptors (Lipinski definition) is 2. The summed E-state index contributed by atoms with van der Waals surface area (Å²) < 4.78 is 37.9. The first kappa shape index (κ1) is 14.1. The normalized spacial score (nSPS) is 29.5. The number of rotatable bonds is 5. The average molecular weight is 264 g/mol. The summed E-state index contributed by atoms with van der Waals surface area (Å²) in [5, 5.41) is 3.31. The summed E-state index contributed by atoms with van der Waals surface area (Å²) in [6, 6.07) is 0.169. The highest BCUT2D eigenvalue weighted by molar-refractivity contribution is 4.96. The van der Waals surface area contributed by atoms with E-state index in [2.05, 4.69) is 19.2 Å². The van der Waals surface area contributed by atoms with Crippen LogP contribution in [0.4, 0.5) is 13.2 Å². The van der Waals surface area contributed by atoms with Gasteiger partial charge in [0.05, 0.1) is 6.54 Å². The molecule has 2 rings (SSSR count). The van der Waals surface area contributed by atoms with Gasteiger partial charge in [-0.1, -0.05) is 13.8 Å². The zero-order chi connectivity index (χ0) is 13.4. The lowest BCUT2D eigenvalue weighted by Crippen LogP contribution is -2.46. The minimum absolute atomic E-state index is 0.0217. The lowest BCUT2D eigenvalue weighted by Gasteiger charge is -2.38. The lowest BCUT2D eigenvalue weighted by molar-refractivity contribution is -0.151. The van der Waals surface area contributed by atoms with E-state index in [1.165, 1.54) is 0 Å². The number of nitrogens with zero attached hydrogens (tertiary/aromatic N) is 1. The molecular formula is C13H23F3N2. The van der Waals surface area contributed by atoms with Crippen LogP contribution < -0.4 is 5.32 Å². The fourth-order valence-corrected chi connectivity index (χ4v) is 2.96. The molecule has 106 valence electrons. The van der Waals surface area contributed by atoms with Gasteiger partial charge in [0, 0.05) is 19.1 Å². The van der Waals surface area contributed by atoms with Crippen molar-refractivity contribution in [3.63, 3.8) is 0 Å². The summed E-state index contributed by atoms with van der Waals surface area (Å²) in [7, 11) is 0. The molecule has 1 heterocycles. The summed E-state index contributed by atoms with van der Waals surface area (Å²) in [5.41, 5.74) is 0.0217. The molecule has 2 fully saturated rings. The van der Waals surface area contributed by atoms with Crippen molar-refractivity contribution in [3.05, 3.63) is 0 Å². The van der Waals surface area contributed by atoms with Gasteiger partial charge in [0.25, 0.3) is 0 Å². The van der Waals surface area contributed by atoms with Crippen molar-refractivity contribution in [2.45, 2.75) is 45.3 Å². The summed E-state index contributed by atoms with van der Waals surface area (Å²) in [4.78, 5) is 1.67. The van der Waals surface area contributed by atoms with Crippen molar-refractivity contribution in [1.82, 2.24) is 10.2 Å². The first-order valence-electron chi connectivity index (χ1n) is 6.84. The lowest BCUT2D eigenvalue weighted by atomic mass is 9.76. The van der Waals surface area contributed by atoms with Gasteiger partial charge in [0.1, 0.15) is 0 Å². The fraction of sp³-hybridized carbons (Fsp3) is 1.00. The predicted molar refractivity (Wildman–Crippen MR) is 65.4 cm³/mol. The van der Waals surface area contributed by atoms with Gasteiger partial charge in [0.15, 0.2) is 0 Å². The predicted octanol–water partition coefficient (Wildman–Crippen LogP) is 2.65. The van der Waals surface area contributed by atoms with Gasteiger partial charge < -0.3 is 5.32 Å². The fourth-order valence-electron chi connectivity index (χ4n) is 2.96. The van der Waals surface area contributed by atoms with Crippen LogP contribution in [0, 0.1) is 11.3 Å². The van der Waals surface area contributed by atoms with Crippen LogP contribution in [-0.2, 0) is 0 Å². The molecule has 1 unspecified atom stereocenters. The Balaban J connectivity index is 2.03. The first-order chi connectivity index (χ1) is 8.32. The molecule has 1 atom stereocenters. The zero-order valence-corrected chi connectivity index (χ0v) is 11.2. The molecule has 1 aliphatic heterocycles. The van der Waals surface area contributed by atoms with E-state index in [0.29, 0.717) is 12.5 Å². The van der Waals surface area contributed by atoms with Crippen molar-refractivity contribution in [1.29, 1.82) is 0 Å². The van der Waals surface area contributed by atoms with Crippen LogP contribution in [0.15, 0.2) is 0 Å². The van der Waals surface area contributed by atoms with Crippen molar-refractivity contribution >= 4 is 0 Å². The monoisotopic (exact) mass is 264 g/mol. The van der Waals surface area contributed by atoms with Crippen molar-refractivity contribution < 1.29 is 13.2 Å². The molecule has 2 nitrogen and oxygen atoms in total. The molecule has 0 aromatic heterocycles. The van der Waals surface area contributed by atoms with Gasteiger partial charge in [-0.15, -0.1) is 0 Å². The minimum Gasteiger partial charge on any atom is -0.316 e. The van der Waals surface area contributed by atoms with Gasteiger partial charge in [-0.2, -0.15) is 13.2 Å². The topological polar surface area (TPSA) is 15.3 Å². The molecule has 1 saturated heterocycles. The molecule has 1 N–H and O–H groups in total. The van der Waals surface area contributed by atoms with Crippen LogP contribution >= 0.6 is 0 Å². The maximum Gasteiger partial charge on any atom is 0.401 e. The van der Waals surface area contributed by atoms with E-state index < -0.39 is 12.7 Å². The number of hydrogen-bond donors (Lipinski definition) is 1. The molecule has 0 radical (unpaired) electrons. The standard InChI is InChI=1S/C13H23F3N2/c1-10(2)12(5-6-17-7-12)8-18(11-3-4-11)9-13(14,15)16/h10-11,17H,3-9H2,1-2H3. The van der Waals surface area contributed by atoms with Crippen LogP contribution in [0.2, 0.25) is 0 Å². The van der Waals surface area contributed by atoms with Crippen molar-refractivity contribution in [2.75, 3.05) is 26.2 Å². The molecule has 0 aromatic rings. The molecule has 0 bridgehead atoms. The zero-order valence-electron chi connectivity index (χ0n) is 11.2. The largest absolute Gasteiger partial charge is 0.401 e. The van der Waals surface area contributed by atoms with E-state index in [-0.39, 0.29) is 11.5 Å². The van der Waals surface area contributed by atoms with Gasteiger partial charge in [-0.25, -0.2) is 0 Å².